The minimum absolute atomic E-state index is 0. The van der Waals surface area contributed by atoms with Crippen LogP contribution in [0.15, 0.2) is 29.2 Å². The third-order valence-electron chi connectivity index (χ3n) is 4.67. The van der Waals surface area contributed by atoms with Crippen molar-refractivity contribution in [3.63, 3.8) is 0 Å². The number of likely N-dealkylation sites (tertiary alicyclic amines) is 1. The van der Waals surface area contributed by atoms with Gasteiger partial charge >= 0.3 is 0 Å². The fourth-order valence-corrected chi connectivity index (χ4v) is 3.93. The van der Waals surface area contributed by atoms with Gasteiger partial charge in [-0.05, 0) is 37.8 Å². The molecule has 0 radical (unpaired) electrons. The Balaban J connectivity index is 0.00000364. The van der Waals surface area contributed by atoms with Gasteiger partial charge in [-0.3, -0.25) is 9.59 Å². The van der Waals surface area contributed by atoms with Gasteiger partial charge in [-0.2, -0.15) is 0 Å². The average Bonchev–Trinajstić information content (AvgIpc) is 2.66. The lowest BCUT2D eigenvalue weighted by Gasteiger charge is -2.34. The molecule has 27 heavy (non-hydrogen) atoms. The zero-order chi connectivity index (χ0) is 18.9. The van der Waals surface area contributed by atoms with Crippen molar-refractivity contribution in [2.75, 3.05) is 39.1 Å². The first-order valence-corrected chi connectivity index (χ1v) is 10.0. The molecule has 0 aliphatic carbocycles. The van der Waals surface area contributed by atoms with Gasteiger partial charge in [0, 0.05) is 37.7 Å². The monoisotopic (exact) mass is 415 g/mol. The van der Waals surface area contributed by atoms with Crippen molar-refractivity contribution in [1.29, 1.82) is 0 Å². The Labute approximate surface area is 172 Å². The van der Waals surface area contributed by atoms with E-state index in [-0.39, 0.29) is 36.0 Å². The largest absolute Gasteiger partial charge is 0.383 e. The molecule has 0 spiro atoms. The lowest BCUT2D eigenvalue weighted by atomic mass is 9.90. The van der Waals surface area contributed by atoms with E-state index in [0.717, 1.165) is 30.8 Å². The summed E-state index contributed by atoms with van der Waals surface area (Å²) < 4.78 is 4.92. The Bertz CT molecular complexity index is 608. The molecule has 1 aliphatic rings. The summed E-state index contributed by atoms with van der Waals surface area (Å²) >= 11 is 1.39. The summed E-state index contributed by atoms with van der Waals surface area (Å²) in [6.45, 7) is 4.49. The van der Waals surface area contributed by atoms with Crippen molar-refractivity contribution in [2.24, 2.45) is 11.7 Å². The van der Waals surface area contributed by atoms with Crippen LogP contribution in [0.2, 0.25) is 0 Å². The van der Waals surface area contributed by atoms with Gasteiger partial charge in [-0.25, -0.2) is 0 Å². The maximum atomic E-state index is 12.9. The number of hydrogen-bond donors (Lipinski definition) is 2. The Morgan fingerprint density at radius 1 is 1.33 bits per heavy atom. The highest BCUT2D eigenvalue weighted by Crippen LogP contribution is 2.26. The standard InChI is InChI=1S/C19H29N3O3S.ClH/c1-14(20)15-7-10-22(11-8-15)19(24)16-5-3-4-6-17(16)26-13-18(23)21-9-12-25-2;/h3-6,14-15H,7-13,20H2,1-2H3,(H,21,23);1H. The third-order valence-corrected chi connectivity index (χ3v) is 5.75. The number of amides is 2. The molecule has 2 amide bonds. The Kier molecular flexibility index (Phi) is 10.8. The average molecular weight is 416 g/mol. The summed E-state index contributed by atoms with van der Waals surface area (Å²) in [5.74, 6) is 0.739. The van der Waals surface area contributed by atoms with E-state index in [1.165, 1.54) is 11.8 Å². The van der Waals surface area contributed by atoms with Gasteiger partial charge in [0.15, 0.2) is 0 Å². The number of methoxy groups -OCH3 is 1. The van der Waals surface area contributed by atoms with Crippen LogP contribution in [0.4, 0.5) is 0 Å². The number of ether oxygens (including phenoxy) is 1. The van der Waals surface area contributed by atoms with E-state index in [9.17, 15) is 9.59 Å². The van der Waals surface area contributed by atoms with E-state index in [2.05, 4.69) is 5.32 Å². The number of halogens is 1. The fraction of sp³-hybridized carbons (Fsp3) is 0.579. The number of benzene rings is 1. The highest BCUT2D eigenvalue weighted by molar-refractivity contribution is 8.00. The molecule has 3 N–H and O–H groups in total. The number of nitrogens with two attached hydrogens (primary N) is 1. The van der Waals surface area contributed by atoms with Gasteiger partial charge in [0.2, 0.25) is 5.91 Å². The molecule has 1 fully saturated rings. The number of nitrogens with one attached hydrogen (secondary N) is 1. The second kappa shape index (κ2) is 12.2. The smallest absolute Gasteiger partial charge is 0.254 e. The second-order valence-electron chi connectivity index (χ2n) is 6.62. The van der Waals surface area contributed by atoms with Crippen LogP contribution in [-0.2, 0) is 9.53 Å². The molecule has 2 rings (SSSR count). The van der Waals surface area contributed by atoms with Crippen LogP contribution in [0.3, 0.4) is 0 Å². The van der Waals surface area contributed by atoms with Gasteiger partial charge in [0.25, 0.3) is 5.91 Å². The van der Waals surface area contributed by atoms with E-state index in [1.807, 2.05) is 36.1 Å². The highest BCUT2D eigenvalue weighted by atomic mass is 35.5. The Morgan fingerprint density at radius 3 is 2.63 bits per heavy atom. The Hall–Kier alpha value is -1.28. The van der Waals surface area contributed by atoms with Crippen molar-refractivity contribution >= 4 is 36.0 Å². The molecule has 8 heteroatoms. The van der Waals surface area contributed by atoms with Crippen LogP contribution in [0.1, 0.15) is 30.1 Å². The maximum absolute atomic E-state index is 12.9. The topological polar surface area (TPSA) is 84.7 Å². The number of piperidine rings is 1. The second-order valence-corrected chi connectivity index (χ2v) is 7.63. The van der Waals surface area contributed by atoms with Crippen LogP contribution in [0, 0.1) is 5.92 Å². The van der Waals surface area contributed by atoms with Crippen LogP contribution in [0.25, 0.3) is 0 Å². The van der Waals surface area contributed by atoms with Crippen LogP contribution in [0.5, 0.6) is 0 Å². The van der Waals surface area contributed by atoms with Crippen molar-refractivity contribution < 1.29 is 14.3 Å². The summed E-state index contributed by atoms with van der Waals surface area (Å²) in [6.07, 6.45) is 1.89. The van der Waals surface area contributed by atoms with E-state index >= 15 is 0 Å². The van der Waals surface area contributed by atoms with E-state index < -0.39 is 0 Å². The number of nitrogens with zero attached hydrogens (tertiary/aromatic N) is 1. The predicted octanol–water partition coefficient (Wildman–Crippen LogP) is 2.16. The summed E-state index contributed by atoms with van der Waals surface area (Å²) in [6, 6.07) is 7.67. The third kappa shape index (κ3) is 7.33. The van der Waals surface area contributed by atoms with Crippen molar-refractivity contribution in [3.05, 3.63) is 29.8 Å². The van der Waals surface area contributed by atoms with Gasteiger partial charge < -0.3 is 20.7 Å². The molecule has 1 atom stereocenters. The van der Waals surface area contributed by atoms with Gasteiger partial charge in [-0.1, -0.05) is 12.1 Å². The lowest BCUT2D eigenvalue weighted by molar-refractivity contribution is -0.118. The molecule has 6 nitrogen and oxygen atoms in total. The number of thioether (sulfide) groups is 1. The van der Waals surface area contributed by atoms with Crippen molar-refractivity contribution in [1.82, 2.24) is 10.2 Å². The van der Waals surface area contributed by atoms with Crippen LogP contribution < -0.4 is 11.1 Å². The lowest BCUT2D eigenvalue weighted by Crippen LogP contribution is -2.42. The quantitative estimate of drug-likeness (QED) is 0.502. The molecule has 0 aromatic heterocycles. The van der Waals surface area contributed by atoms with Crippen LogP contribution in [-0.4, -0.2) is 61.9 Å². The number of rotatable bonds is 8. The highest BCUT2D eigenvalue weighted by Gasteiger charge is 2.26. The van der Waals surface area contributed by atoms with E-state index in [0.29, 0.717) is 24.6 Å². The van der Waals surface area contributed by atoms with Crippen LogP contribution >= 0.6 is 24.2 Å². The summed E-state index contributed by atoms with van der Waals surface area (Å²) in [7, 11) is 1.60. The molecule has 1 saturated heterocycles. The zero-order valence-electron chi connectivity index (χ0n) is 16.0. The first-order valence-electron chi connectivity index (χ1n) is 9.05. The number of hydrogen-bond acceptors (Lipinski definition) is 5. The molecule has 0 bridgehead atoms. The molecule has 1 aromatic carbocycles. The SMILES string of the molecule is COCCNC(=O)CSc1ccccc1C(=O)N1CCC(C(C)N)CC1.Cl. The zero-order valence-corrected chi connectivity index (χ0v) is 17.6. The number of carbonyl (C=O) groups excluding carboxylic acids is 2. The summed E-state index contributed by atoms with van der Waals surface area (Å²) in [4.78, 5) is 27.5. The van der Waals surface area contributed by atoms with E-state index in [4.69, 9.17) is 10.5 Å². The van der Waals surface area contributed by atoms with E-state index in [1.54, 1.807) is 7.11 Å². The number of carbonyl (C=O) groups is 2. The molecule has 1 heterocycles. The van der Waals surface area contributed by atoms with Crippen molar-refractivity contribution in [3.8, 4) is 0 Å². The molecular weight excluding hydrogens is 386 g/mol. The van der Waals surface area contributed by atoms with Gasteiger partial charge in [-0.15, -0.1) is 24.2 Å². The Morgan fingerprint density at radius 2 is 2.00 bits per heavy atom. The molecule has 0 saturated carbocycles. The first-order chi connectivity index (χ1) is 12.5. The molecule has 1 unspecified atom stereocenters. The van der Waals surface area contributed by atoms with Crippen molar-refractivity contribution in [2.45, 2.75) is 30.7 Å². The predicted molar refractivity (Wildman–Crippen MR) is 112 cm³/mol. The molecule has 1 aliphatic heterocycles. The molecular formula is C19H30ClN3O3S. The first kappa shape index (κ1) is 23.8. The van der Waals surface area contributed by atoms with Gasteiger partial charge in [0.1, 0.15) is 0 Å². The summed E-state index contributed by atoms with van der Waals surface area (Å²) in [5, 5.41) is 2.79. The fourth-order valence-electron chi connectivity index (χ4n) is 3.05. The molecule has 152 valence electrons. The molecule has 1 aromatic rings. The van der Waals surface area contributed by atoms with Gasteiger partial charge in [0.05, 0.1) is 17.9 Å². The summed E-state index contributed by atoms with van der Waals surface area (Å²) in [5.41, 5.74) is 6.65. The normalized spacial score (nSPS) is 15.7. The minimum Gasteiger partial charge on any atom is -0.383 e. The maximum Gasteiger partial charge on any atom is 0.254 e. The minimum atomic E-state index is -0.0629.